The van der Waals surface area contributed by atoms with Gasteiger partial charge in [-0.15, -0.1) is 0 Å². The van der Waals surface area contributed by atoms with Gasteiger partial charge >= 0.3 is 11.7 Å². The molecule has 0 aromatic heterocycles. The van der Waals surface area contributed by atoms with E-state index in [1.54, 1.807) is 13.0 Å². The number of nitro benzene ring substituents is 1. The van der Waals surface area contributed by atoms with E-state index in [-0.39, 0.29) is 17.9 Å². The number of hydrogen-bond acceptors (Lipinski definition) is 7. The second-order valence-corrected chi connectivity index (χ2v) is 3.30. The maximum Gasteiger partial charge on any atom is 0.344 e. The van der Waals surface area contributed by atoms with E-state index in [1.807, 2.05) is 0 Å². The quantitative estimate of drug-likeness (QED) is 0.481. The summed E-state index contributed by atoms with van der Waals surface area (Å²) in [7, 11) is 0. The number of phenolic OH excluding ortho intramolecular Hbond substituents is 1. The van der Waals surface area contributed by atoms with E-state index in [9.17, 15) is 20.0 Å². The summed E-state index contributed by atoms with van der Waals surface area (Å²) in [6.07, 6.45) is 0. The highest BCUT2D eigenvalue weighted by Gasteiger charge is 2.19. The highest BCUT2D eigenvalue weighted by molar-refractivity contribution is 5.71. The van der Waals surface area contributed by atoms with Crippen LogP contribution in [-0.4, -0.2) is 29.2 Å². The lowest BCUT2D eigenvalue weighted by Crippen LogP contribution is -2.15. The van der Waals surface area contributed by atoms with Crippen LogP contribution in [-0.2, 0) is 9.53 Å². The Balaban J connectivity index is 2.99. The zero-order valence-electron chi connectivity index (χ0n) is 9.95. The minimum atomic E-state index is -0.826. The van der Waals surface area contributed by atoms with Crippen LogP contribution in [0, 0.1) is 21.4 Å². The van der Waals surface area contributed by atoms with Crippen LogP contribution in [0.3, 0.4) is 0 Å². The van der Waals surface area contributed by atoms with Crippen molar-refractivity contribution in [2.75, 3.05) is 13.2 Å². The first kappa shape index (κ1) is 14.2. The molecular weight excluding hydrogens is 256 g/mol. The number of carbonyl (C=O) groups is 1. The van der Waals surface area contributed by atoms with Crippen molar-refractivity contribution in [2.45, 2.75) is 6.92 Å². The number of nitrogens with zero attached hydrogens (tertiary/aromatic N) is 2. The molecule has 1 aromatic rings. The fraction of sp³-hybridized carbons (Fsp3) is 0.273. The van der Waals surface area contributed by atoms with Crippen molar-refractivity contribution in [3.05, 3.63) is 27.8 Å². The lowest BCUT2D eigenvalue weighted by Gasteiger charge is -2.07. The van der Waals surface area contributed by atoms with E-state index >= 15 is 0 Å². The van der Waals surface area contributed by atoms with E-state index in [0.717, 1.165) is 12.1 Å². The molecule has 19 heavy (non-hydrogen) atoms. The average molecular weight is 266 g/mol. The molecule has 0 atom stereocenters. The van der Waals surface area contributed by atoms with Crippen molar-refractivity contribution < 1.29 is 24.3 Å². The number of nitriles is 1. The second kappa shape index (κ2) is 6.20. The topological polar surface area (TPSA) is 123 Å². The van der Waals surface area contributed by atoms with E-state index in [4.69, 9.17) is 10.00 Å². The van der Waals surface area contributed by atoms with Gasteiger partial charge in [0.25, 0.3) is 0 Å². The van der Waals surface area contributed by atoms with E-state index in [2.05, 4.69) is 4.74 Å². The van der Waals surface area contributed by atoms with Gasteiger partial charge in [-0.05, 0) is 6.92 Å². The lowest BCUT2D eigenvalue weighted by molar-refractivity contribution is -0.385. The number of nitro groups is 1. The second-order valence-electron chi connectivity index (χ2n) is 3.30. The molecule has 0 radical (unpaired) electrons. The Bertz CT molecular complexity index is 549. The maximum atomic E-state index is 11.1. The zero-order valence-corrected chi connectivity index (χ0v) is 9.95. The summed E-state index contributed by atoms with van der Waals surface area (Å²) in [4.78, 5) is 20.9. The molecule has 1 rings (SSSR count). The third-order valence-electron chi connectivity index (χ3n) is 2.04. The fourth-order valence-electron chi connectivity index (χ4n) is 1.25. The molecule has 100 valence electrons. The van der Waals surface area contributed by atoms with Gasteiger partial charge in [0.05, 0.1) is 23.2 Å². The SMILES string of the molecule is CCOC(=O)COc1cc([N+](=O)[O-])c(O)cc1C#N. The van der Waals surface area contributed by atoms with Gasteiger partial charge in [0.2, 0.25) is 0 Å². The molecule has 0 amide bonds. The first-order chi connectivity index (χ1) is 8.99. The Hall–Kier alpha value is -2.82. The van der Waals surface area contributed by atoms with Crippen LogP contribution in [0.2, 0.25) is 0 Å². The molecular formula is C11H10N2O6. The molecule has 0 aliphatic heterocycles. The average Bonchev–Trinajstić information content (AvgIpc) is 2.36. The number of ether oxygens (including phenoxy) is 2. The van der Waals surface area contributed by atoms with Crippen molar-refractivity contribution in [3.8, 4) is 17.6 Å². The Kier molecular flexibility index (Phi) is 4.65. The summed E-state index contributed by atoms with van der Waals surface area (Å²) in [6, 6.07) is 3.48. The third kappa shape index (κ3) is 3.57. The summed E-state index contributed by atoms with van der Waals surface area (Å²) < 4.78 is 9.58. The van der Waals surface area contributed by atoms with Gasteiger partial charge in [-0.2, -0.15) is 5.26 Å². The van der Waals surface area contributed by atoms with Crippen LogP contribution >= 0.6 is 0 Å². The van der Waals surface area contributed by atoms with Crippen LogP contribution in [0.25, 0.3) is 0 Å². The third-order valence-corrected chi connectivity index (χ3v) is 2.04. The zero-order chi connectivity index (χ0) is 14.4. The molecule has 1 aromatic carbocycles. The number of aromatic hydroxyl groups is 1. The molecule has 0 saturated carbocycles. The molecule has 1 N–H and O–H groups in total. The number of rotatable bonds is 5. The van der Waals surface area contributed by atoms with Crippen LogP contribution in [0.4, 0.5) is 5.69 Å². The molecule has 0 aliphatic carbocycles. The number of phenols is 1. The first-order valence-electron chi connectivity index (χ1n) is 5.19. The predicted molar refractivity (Wildman–Crippen MR) is 61.6 cm³/mol. The van der Waals surface area contributed by atoms with Gasteiger partial charge in [-0.1, -0.05) is 0 Å². The Morgan fingerprint density at radius 3 is 2.79 bits per heavy atom. The predicted octanol–water partition coefficient (Wildman–Crippen LogP) is 1.11. The Labute approximate surface area is 107 Å². The monoisotopic (exact) mass is 266 g/mol. The van der Waals surface area contributed by atoms with Gasteiger partial charge in [0, 0.05) is 6.07 Å². The summed E-state index contributed by atoms with van der Waals surface area (Å²) in [6.45, 7) is 1.30. The molecule has 8 heteroatoms. The number of esters is 1. The minimum absolute atomic E-state index is 0.118. The van der Waals surface area contributed by atoms with Crippen molar-refractivity contribution in [2.24, 2.45) is 0 Å². The highest BCUT2D eigenvalue weighted by Crippen LogP contribution is 2.33. The van der Waals surface area contributed by atoms with E-state index in [0.29, 0.717) is 0 Å². The molecule has 8 nitrogen and oxygen atoms in total. The summed E-state index contributed by atoms with van der Waals surface area (Å²) in [5.74, 6) is -1.48. The maximum absolute atomic E-state index is 11.1. The van der Waals surface area contributed by atoms with Crippen molar-refractivity contribution >= 4 is 11.7 Å². The number of benzene rings is 1. The molecule has 0 bridgehead atoms. The number of carbonyl (C=O) groups excluding carboxylic acids is 1. The van der Waals surface area contributed by atoms with Gasteiger partial charge in [-0.3, -0.25) is 10.1 Å². The molecule has 0 aliphatic rings. The largest absolute Gasteiger partial charge is 0.502 e. The minimum Gasteiger partial charge on any atom is -0.502 e. The molecule has 0 fully saturated rings. The van der Waals surface area contributed by atoms with Gasteiger partial charge in [0.1, 0.15) is 11.8 Å². The van der Waals surface area contributed by atoms with Gasteiger partial charge < -0.3 is 14.6 Å². The van der Waals surface area contributed by atoms with Gasteiger partial charge in [-0.25, -0.2) is 4.79 Å². The van der Waals surface area contributed by atoms with Crippen LogP contribution in [0.15, 0.2) is 12.1 Å². The van der Waals surface area contributed by atoms with Gasteiger partial charge in [0.15, 0.2) is 12.4 Å². The normalized spacial score (nSPS) is 9.47. The standard InChI is InChI=1S/C11H10N2O6/c1-2-18-11(15)6-19-10-4-8(13(16)17)9(14)3-7(10)5-12/h3-4,14H,2,6H2,1H3. The van der Waals surface area contributed by atoms with Crippen LogP contribution < -0.4 is 4.74 Å². The fourth-order valence-corrected chi connectivity index (χ4v) is 1.25. The number of hydrogen-bond donors (Lipinski definition) is 1. The van der Waals surface area contributed by atoms with Crippen molar-refractivity contribution in [1.29, 1.82) is 5.26 Å². The smallest absolute Gasteiger partial charge is 0.344 e. The van der Waals surface area contributed by atoms with E-state index in [1.165, 1.54) is 0 Å². The molecule has 0 unspecified atom stereocenters. The van der Waals surface area contributed by atoms with Crippen molar-refractivity contribution in [1.82, 2.24) is 0 Å². The first-order valence-corrected chi connectivity index (χ1v) is 5.19. The summed E-state index contributed by atoms with van der Waals surface area (Å²) in [5, 5.41) is 28.8. The summed E-state index contributed by atoms with van der Waals surface area (Å²) in [5.41, 5.74) is -0.731. The van der Waals surface area contributed by atoms with Crippen LogP contribution in [0.5, 0.6) is 11.5 Å². The lowest BCUT2D eigenvalue weighted by atomic mass is 10.2. The Morgan fingerprint density at radius 2 is 2.26 bits per heavy atom. The highest BCUT2D eigenvalue weighted by atomic mass is 16.6. The van der Waals surface area contributed by atoms with E-state index < -0.39 is 28.9 Å². The molecule has 0 heterocycles. The molecule has 0 spiro atoms. The summed E-state index contributed by atoms with van der Waals surface area (Å²) >= 11 is 0. The van der Waals surface area contributed by atoms with Crippen molar-refractivity contribution in [3.63, 3.8) is 0 Å². The molecule has 0 saturated heterocycles. The van der Waals surface area contributed by atoms with Crippen LogP contribution in [0.1, 0.15) is 12.5 Å². The Morgan fingerprint density at radius 1 is 1.58 bits per heavy atom.